The molecule has 1 aliphatic rings. The summed E-state index contributed by atoms with van der Waals surface area (Å²) < 4.78 is 13.7. The van der Waals surface area contributed by atoms with E-state index in [0.29, 0.717) is 12.8 Å². The third-order valence-electron chi connectivity index (χ3n) is 3.56. The first kappa shape index (κ1) is 13.8. The van der Waals surface area contributed by atoms with E-state index in [2.05, 4.69) is 11.4 Å². The maximum absolute atomic E-state index is 13.7. The van der Waals surface area contributed by atoms with Gasteiger partial charge in [0.25, 0.3) is 0 Å². The van der Waals surface area contributed by atoms with Gasteiger partial charge in [-0.15, -0.1) is 0 Å². The lowest BCUT2D eigenvalue weighted by Crippen LogP contribution is -2.37. The molecule has 3 nitrogen and oxygen atoms in total. The second-order valence-corrected chi connectivity index (χ2v) is 5.22. The van der Waals surface area contributed by atoms with Gasteiger partial charge in [0, 0.05) is 0 Å². The van der Waals surface area contributed by atoms with Crippen molar-refractivity contribution in [2.24, 2.45) is 5.41 Å². The third-order valence-corrected chi connectivity index (χ3v) is 3.85. The van der Waals surface area contributed by atoms with Crippen molar-refractivity contribution < 1.29 is 9.18 Å². The summed E-state index contributed by atoms with van der Waals surface area (Å²) in [5, 5.41) is 11.7. The molecule has 2 rings (SSSR count). The van der Waals surface area contributed by atoms with E-state index < -0.39 is 17.1 Å². The summed E-state index contributed by atoms with van der Waals surface area (Å²) in [5.74, 6) is -1.10. The fourth-order valence-corrected chi connectivity index (χ4v) is 2.56. The number of carbonyl (C=O) groups is 1. The predicted molar refractivity (Wildman–Crippen MR) is 71.2 cm³/mol. The maximum Gasteiger partial charge on any atom is 0.244 e. The maximum atomic E-state index is 13.7. The smallest absolute Gasteiger partial charge is 0.244 e. The van der Waals surface area contributed by atoms with E-state index in [1.165, 1.54) is 12.1 Å². The number of nitriles is 1. The Morgan fingerprint density at radius 1 is 1.37 bits per heavy atom. The number of amides is 1. The van der Waals surface area contributed by atoms with Crippen molar-refractivity contribution >= 4 is 23.2 Å². The van der Waals surface area contributed by atoms with Crippen molar-refractivity contribution in [2.45, 2.75) is 32.1 Å². The van der Waals surface area contributed by atoms with Gasteiger partial charge in [0.2, 0.25) is 5.91 Å². The van der Waals surface area contributed by atoms with Crippen LogP contribution in [0.5, 0.6) is 0 Å². The van der Waals surface area contributed by atoms with Crippen LogP contribution in [-0.4, -0.2) is 5.91 Å². The van der Waals surface area contributed by atoms with Crippen LogP contribution in [0.1, 0.15) is 32.1 Å². The number of nitrogens with zero attached hydrogens (tertiary/aromatic N) is 1. The summed E-state index contributed by atoms with van der Waals surface area (Å²) in [5.41, 5.74) is -1.01. The van der Waals surface area contributed by atoms with Crippen LogP contribution < -0.4 is 5.32 Å². The summed E-state index contributed by atoms with van der Waals surface area (Å²) in [7, 11) is 0. The lowest BCUT2D eigenvalue weighted by atomic mass is 9.74. The predicted octanol–water partition coefficient (Wildman–Crippen LogP) is 3.89. The van der Waals surface area contributed by atoms with Crippen LogP contribution in [0.15, 0.2) is 18.2 Å². The first-order valence-electron chi connectivity index (χ1n) is 6.26. The zero-order valence-electron chi connectivity index (χ0n) is 10.4. The van der Waals surface area contributed by atoms with Gasteiger partial charge in [0.1, 0.15) is 5.41 Å². The molecular weight excluding hydrogens is 267 g/mol. The lowest BCUT2D eigenvalue weighted by Gasteiger charge is -2.29. The van der Waals surface area contributed by atoms with Gasteiger partial charge in [-0.1, -0.05) is 36.9 Å². The molecule has 0 aliphatic heterocycles. The van der Waals surface area contributed by atoms with E-state index in [-0.39, 0.29) is 10.7 Å². The normalized spacial score (nSPS) is 17.5. The fourth-order valence-electron chi connectivity index (χ4n) is 2.39. The molecule has 1 N–H and O–H groups in total. The van der Waals surface area contributed by atoms with E-state index in [1.54, 1.807) is 6.07 Å². The molecule has 0 aromatic heterocycles. The van der Waals surface area contributed by atoms with Crippen molar-refractivity contribution in [3.05, 3.63) is 29.0 Å². The molecule has 5 heteroatoms. The minimum atomic E-state index is -1.03. The highest BCUT2D eigenvalue weighted by molar-refractivity contribution is 6.31. The van der Waals surface area contributed by atoms with Crippen LogP contribution in [0, 0.1) is 22.6 Å². The Bertz CT molecular complexity index is 533. The van der Waals surface area contributed by atoms with Crippen LogP contribution in [0.2, 0.25) is 5.02 Å². The van der Waals surface area contributed by atoms with Crippen molar-refractivity contribution in [3.8, 4) is 6.07 Å². The highest BCUT2D eigenvalue weighted by atomic mass is 35.5. The number of benzene rings is 1. The summed E-state index contributed by atoms with van der Waals surface area (Å²) in [6.07, 6.45) is 3.77. The highest BCUT2D eigenvalue weighted by Crippen LogP contribution is 2.37. The number of hydrogen-bond acceptors (Lipinski definition) is 2. The number of nitrogens with one attached hydrogen (secondary N) is 1. The molecular formula is C14H14ClFN2O. The molecule has 1 amide bonds. The summed E-state index contributed by atoms with van der Waals surface area (Å²) in [6, 6.07) is 6.51. The van der Waals surface area contributed by atoms with Gasteiger partial charge < -0.3 is 5.32 Å². The zero-order chi connectivity index (χ0) is 13.9. The molecule has 0 bridgehead atoms. The molecule has 1 saturated carbocycles. The van der Waals surface area contributed by atoms with Crippen LogP contribution in [0.25, 0.3) is 0 Å². The Morgan fingerprint density at radius 2 is 2.05 bits per heavy atom. The summed E-state index contributed by atoms with van der Waals surface area (Å²) in [6.45, 7) is 0. The number of hydrogen-bond donors (Lipinski definition) is 1. The number of halogens is 2. The van der Waals surface area contributed by atoms with Gasteiger partial charge in [-0.3, -0.25) is 4.79 Å². The Balaban J connectivity index is 2.20. The average molecular weight is 281 g/mol. The van der Waals surface area contributed by atoms with E-state index >= 15 is 0 Å². The minimum Gasteiger partial charge on any atom is -0.322 e. The van der Waals surface area contributed by atoms with E-state index in [4.69, 9.17) is 11.6 Å². The first-order valence-corrected chi connectivity index (χ1v) is 6.63. The highest BCUT2D eigenvalue weighted by Gasteiger charge is 2.40. The SMILES string of the molecule is N#CC1(C(=O)Nc2cccc(Cl)c2F)CCCCC1. The lowest BCUT2D eigenvalue weighted by molar-refractivity contribution is -0.124. The van der Waals surface area contributed by atoms with Gasteiger partial charge >= 0.3 is 0 Å². The molecule has 1 aromatic rings. The van der Waals surface area contributed by atoms with Crippen molar-refractivity contribution in [1.29, 1.82) is 5.26 Å². The van der Waals surface area contributed by atoms with Gasteiger partial charge in [-0.2, -0.15) is 5.26 Å². The standard InChI is InChI=1S/C14H14ClFN2O/c15-10-5-4-6-11(12(10)16)18-13(19)14(9-17)7-2-1-3-8-14/h4-6H,1-3,7-8H2,(H,18,19). The van der Waals surface area contributed by atoms with Crippen molar-refractivity contribution in [1.82, 2.24) is 0 Å². The minimum absolute atomic E-state index is 0.0256. The molecule has 0 atom stereocenters. The molecule has 19 heavy (non-hydrogen) atoms. The van der Waals surface area contributed by atoms with Gasteiger partial charge in [0.05, 0.1) is 16.8 Å². The Hall–Kier alpha value is -1.60. The number of rotatable bonds is 2. The monoisotopic (exact) mass is 280 g/mol. The second-order valence-electron chi connectivity index (χ2n) is 4.81. The van der Waals surface area contributed by atoms with Gasteiger partial charge in [-0.05, 0) is 25.0 Å². The molecule has 0 saturated heterocycles. The zero-order valence-corrected chi connectivity index (χ0v) is 11.1. The molecule has 0 heterocycles. The van der Waals surface area contributed by atoms with Gasteiger partial charge in [0.15, 0.2) is 5.82 Å². The van der Waals surface area contributed by atoms with Crippen LogP contribution in [-0.2, 0) is 4.79 Å². The topological polar surface area (TPSA) is 52.9 Å². The molecule has 1 aliphatic carbocycles. The molecule has 0 radical (unpaired) electrons. The second kappa shape index (κ2) is 5.58. The summed E-state index contributed by atoms with van der Waals surface area (Å²) in [4.78, 5) is 12.2. The molecule has 1 aromatic carbocycles. The number of anilines is 1. The Morgan fingerprint density at radius 3 is 2.68 bits per heavy atom. The Kier molecular flexibility index (Phi) is 4.06. The summed E-state index contributed by atoms with van der Waals surface area (Å²) >= 11 is 5.66. The molecule has 0 unspecified atom stereocenters. The largest absolute Gasteiger partial charge is 0.322 e. The van der Waals surface area contributed by atoms with Crippen LogP contribution in [0.4, 0.5) is 10.1 Å². The quantitative estimate of drug-likeness (QED) is 0.893. The van der Waals surface area contributed by atoms with Crippen molar-refractivity contribution in [3.63, 3.8) is 0 Å². The number of carbonyl (C=O) groups excluding carboxylic acids is 1. The van der Waals surface area contributed by atoms with E-state index in [0.717, 1.165) is 19.3 Å². The van der Waals surface area contributed by atoms with Crippen LogP contribution in [0.3, 0.4) is 0 Å². The average Bonchev–Trinajstić information content (AvgIpc) is 2.44. The van der Waals surface area contributed by atoms with E-state index in [1.807, 2.05) is 0 Å². The van der Waals surface area contributed by atoms with Gasteiger partial charge in [-0.25, -0.2) is 4.39 Å². The van der Waals surface area contributed by atoms with E-state index in [9.17, 15) is 14.4 Å². The van der Waals surface area contributed by atoms with Crippen LogP contribution >= 0.6 is 11.6 Å². The first-order chi connectivity index (χ1) is 9.09. The Labute approximate surface area is 116 Å². The fraction of sp³-hybridized carbons (Fsp3) is 0.429. The molecule has 1 fully saturated rings. The molecule has 0 spiro atoms. The molecule has 100 valence electrons. The third kappa shape index (κ3) is 2.71. The van der Waals surface area contributed by atoms with Crippen molar-refractivity contribution in [2.75, 3.05) is 5.32 Å².